The Kier molecular flexibility index (Phi) is 4.56. The van der Waals surface area contributed by atoms with Crippen LogP contribution in [0, 0.1) is 23.2 Å². The lowest BCUT2D eigenvalue weighted by atomic mass is 9.49. The fourth-order valence-corrected chi connectivity index (χ4v) is 7.19. The van der Waals surface area contributed by atoms with E-state index < -0.39 is 0 Å². The van der Waals surface area contributed by atoms with Crippen molar-refractivity contribution in [3.8, 4) is 0 Å². The first-order valence-electron chi connectivity index (χ1n) is 9.76. The molecule has 0 atom stereocenters. The van der Waals surface area contributed by atoms with Gasteiger partial charge in [0.1, 0.15) is 0 Å². The van der Waals surface area contributed by atoms with Gasteiger partial charge in [-0.3, -0.25) is 15.0 Å². The Hall–Kier alpha value is -1.37. The molecule has 28 heavy (non-hydrogen) atoms. The smallest absolute Gasteiger partial charge is 0.273 e. The molecule has 2 amide bonds. The molecule has 1 N–H and O–H groups in total. The molecule has 1 heterocycles. The monoisotopic (exact) mass is 432 g/mol. The van der Waals surface area contributed by atoms with Crippen LogP contribution in [0.1, 0.15) is 44.1 Å². The molecule has 4 nitrogen and oxygen atoms in total. The first kappa shape index (κ1) is 18.6. The van der Waals surface area contributed by atoms with E-state index in [2.05, 4.69) is 5.43 Å². The summed E-state index contributed by atoms with van der Waals surface area (Å²) in [6.45, 7) is 0. The van der Waals surface area contributed by atoms with Gasteiger partial charge in [0.05, 0.1) is 10.3 Å². The Bertz CT molecular complexity index is 861. The van der Waals surface area contributed by atoms with Gasteiger partial charge in [0.2, 0.25) is 5.91 Å². The summed E-state index contributed by atoms with van der Waals surface area (Å²) in [5, 5.41) is 1.91. The molecule has 1 aromatic rings. The molecule has 0 unspecified atom stereocenters. The second-order valence-electron chi connectivity index (χ2n) is 8.71. The molecule has 4 aliphatic carbocycles. The molecule has 4 bridgehead atoms. The van der Waals surface area contributed by atoms with Gasteiger partial charge in [-0.25, -0.2) is 0 Å². The minimum atomic E-state index is -0.308. The number of thioether (sulfide) groups is 1. The number of carbonyl (C=O) groups is 2. The number of halogens is 1. The zero-order chi connectivity index (χ0) is 19.5. The molecular weight excluding hydrogens is 412 g/mol. The average Bonchev–Trinajstić information content (AvgIpc) is 2.90. The lowest BCUT2D eigenvalue weighted by molar-refractivity contribution is -0.152. The predicted octanol–water partition coefficient (Wildman–Crippen LogP) is 4.79. The molecule has 1 saturated heterocycles. The van der Waals surface area contributed by atoms with Crippen LogP contribution >= 0.6 is 35.6 Å². The van der Waals surface area contributed by atoms with Gasteiger partial charge in [0.15, 0.2) is 4.32 Å². The molecule has 7 heteroatoms. The molecule has 1 aliphatic heterocycles. The van der Waals surface area contributed by atoms with Crippen LogP contribution in [-0.2, 0) is 9.59 Å². The maximum atomic E-state index is 13.2. The van der Waals surface area contributed by atoms with Gasteiger partial charge in [-0.1, -0.05) is 35.5 Å². The third kappa shape index (κ3) is 3.19. The summed E-state index contributed by atoms with van der Waals surface area (Å²) < 4.78 is 0.378. The topological polar surface area (TPSA) is 49.4 Å². The standard InChI is InChI=1S/C21H21ClN2O2S2/c22-16-3-1-12(2-4-16)8-17-18(25)24(20(27)28-17)23-19(26)21-9-13-5-14(10-21)7-15(6-13)11-21/h1-4,8,13-15H,5-7,9-11H2,(H,23,26)/b17-8+. The van der Waals surface area contributed by atoms with Crippen LogP contribution in [0.4, 0.5) is 0 Å². The second-order valence-corrected chi connectivity index (χ2v) is 10.8. The van der Waals surface area contributed by atoms with Crippen molar-refractivity contribution in [2.24, 2.45) is 23.2 Å². The summed E-state index contributed by atoms with van der Waals surface area (Å²) in [5.74, 6) is 1.74. The maximum absolute atomic E-state index is 13.2. The summed E-state index contributed by atoms with van der Waals surface area (Å²) in [5.41, 5.74) is 3.45. The van der Waals surface area contributed by atoms with Gasteiger partial charge >= 0.3 is 0 Å². The molecule has 146 valence electrons. The van der Waals surface area contributed by atoms with E-state index >= 15 is 0 Å². The van der Waals surface area contributed by atoms with Gasteiger partial charge in [0, 0.05) is 5.02 Å². The van der Waals surface area contributed by atoms with E-state index in [4.69, 9.17) is 23.8 Å². The van der Waals surface area contributed by atoms with Crippen LogP contribution in [0.2, 0.25) is 5.02 Å². The van der Waals surface area contributed by atoms with E-state index in [0.717, 1.165) is 24.8 Å². The average molecular weight is 433 g/mol. The third-order valence-electron chi connectivity index (χ3n) is 6.69. The molecule has 6 rings (SSSR count). The number of hydrazine groups is 1. The van der Waals surface area contributed by atoms with Crippen molar-refractivity contribution in [3.63, 3.8) is 0 Å². The zero-order valence-electron chi connectivity index (χ0n) is 15.3. The van der Waals surface area contributed by atoms with E-state index in [1.807, 2.05) is 12.1 Å². The van der Waals surface area contributed by atoms with Gasteiger partial charge in [0.25, 0.3) is 5.91 Å². The quantitative estimate of drug-likeness (QED) is 0.551. The SMILES string of the molecule is O=C1/C(=C\c2ccc(Cl)cc2)SC(=S)N1NC(=O)C12CC3CC(CC(C3)C1)C2. The molecule has 5 fully saturated rings. The largest absolute Gasteiger partial charge is 0.285 e. The highest BCUT2D eigenvalue weighted by Crippen LogP contribution is 2.60. The maximum Gasteiger partial charge on any atom is 0.285 e. The fourth-order valence-electron chi connectivity index (χ4n) is 5.88. The number of amides is 2. The molecule has 0 radical (unpaired) electrons. The molecule has 5 aliphatic rings. The third-order valence-corrected chi connectivity index (χ3v) is 8.25. The Morgan fingerprint density at radius 1 is 1.14 bits per heavy atom. The normalized spacial score (nSPS) is 35.1. The van der Waals surface area contributed by atoms with E-state index in [9.17, 15) is 9.59 Å². The highest BCUT2D eigenvalue weighted by atomic mass is 35.5. The summed E-state index contributed by atoms with van der Waals surface area (Å²) in [4.78, 5) is 26.6. The van der Waals surface area contributed by atoms with Crippen LogP contribution in [0.15, 0.2) is 29.2 Å². The lowest BCUT2D eigenvalue weighted by Gasteiger charge is -2.55. The number of benzene rings is 1. The number of nitrogens with one attached hydrogen (secondary N) is 1. The van der Waals surface area contributed by atoms with Crippen molar-refractivity contribution >= 4 is 57.8 Å². The Labute approximate surface area is 179 Å². The van der Waals surface area contributed by atoms with Crippen molar-refractivity contribution in [1.29, 1.82) is 0 Å². The zero-order valence-corrected chi connectivity index (χ0v) is 17.7. The van der Waals surface area contributed by atoms with E-state index in [-0.39, 0.29) is 17.2 Å². The lowest BCUT2D eigenvalue weighted by Crippen LogP contribution is -2.57. The highest BCUT2D eigenvalue weighted by molar-refractivity contribution is 8.26. The van der Waals surface area contributed by atoms with Crippen molar-refractivity contribution in [2.45, 2.75) is 38.5 Å². The van der Waals surface area contributed by atoms with E-state index in [0.29, 0.717) is 32.0 Å². The summed E-state index contributed by atoms with van der Waals surface area (Å²) in [7, 11) is 0. The summed E-state index contributed by atoms with van der Waals surface area (Å²) >= 11 is 12.5. The number of nitrogens with zero attached hydrogens (tertiary/aromatic N) is 1. The van der Waals surface area contributed by atoms with E-state index in [1.165, 1.54) is 36.0 Å². The second kappa shape index (κ2) is 6.85. The number of thiocarbonyl (C=S) groups is 1. The minimum absolute atomic E-state index is 0.0179. The van der Waals surface area contributed by atoms with Crippen LogP contribution in [0.25, 0.3) is 6.08 Å². The van der Waals surface area contributed by atoms with Crippen LogP contribution in [-0.4, -0.2) is 21.1 Å². The Morgan fingerprint density at radius 3 is 2.29 bits per heavy atom. The number of hydrogen-bond donors (Lipinski definition) is 1. The number of rotatable bonds is 3. The van der Waals surface area contributed by atoms with Gasteiger partial charge in [-0.2, -0.15) is 5.01 Å². The molecule has 1 aromatic carbocycles. The Morgan fingerprint density at radius 2 is 1.71 bits per heavy atom. The summed E-state index contributed by atoms with van der Waals surface area (Å²) in [6.07, 6.45) is 8.49. The molecule has 0 aromatic heterocycles. The molecule has 0 spiro atoms. The summed E-state index contributed by atoms with van der Waals surface area (Å²) in [6, 6.07) is 7.26. The first-order valence-corrected chi connectivity index (χ1v) is 11.4. The predicted molar refractivity (Wildman–Crippen MR) is 115 cm³/mol. The minimum Gasteiger partial charge on any atom is -0.273 e. The van der Waals surface area contributed by atoms with Crippen molar-refractivity contribution in [1.82, 2.24) is 10.4 Å². The van der Waals surface area contributed by atoms with E-state index in [1.54, 1.807) is 18.2 Å². The number of carbonyl (C=O) groups excluding carboxylic acids is 2. The van der Waals surface area contributed by atoms with Crippen LogP contribution in [0.3, 0.4) is 0 Å². The van der Waals surface area contributed by atoms with Gasteiger partial charge in [-0.05, 0) is 92.3 Å². The molecular formula is C21H21ClN2O2S2. The Balaban J connectivity index is 1.33. The van der Waals surface area contributed by atoms with Crippen LogP contribution < -0.4 is 5.43 Å². The highest BCUT2D eigenvalue weighted by Gasteiger charge is 2.55. The van der Waals surface area contributed by atoms with Gasteiger partial charge < -0.3 is 0 Å². The molecule has 4 saturated carbocycles. The number of hydrogen-bond acceptors (Lipinski definition) is 4. The van der Waals surface area contributed by atoms with Crippen molar-refractivity contribution in [2.75, 3.05) is 0 Å². The fraction of sp³-hybridized carbons (Fsp3) is 0.476. The first-order chi connectivity index (χ1) is 13.4. The van der Waals surface area contributed by atoms with Crippen LogP contribution in [0.5, 0.6) is 0 Å². The van der Waals surface area contributed by atoms with Crippen molar-refractivity contribution < 1.29 is 9.59 Å². The van der Waals surface area contributed by atoms with Gasteiger partial charge in [-0.15, -0.1) is 0 Å². The van der Waals surface area contributed by atoms with Crippen molar-refractivity contribution in [3.05, 3.63) is 39.8 Å².